The second kappa shape index (κ2) is 6.89. The lowest BCUT2D eigenvalue weighted by Crippen LogP contribution is -2.03. The Bertz CT molecular complexity index is 795. The molecule has 0 aromatic heterocycles. The molecule has 0 bridgehead atoms. The molecule has 124 valence electrons. The first-order chi connectivity index (χ1) is 11.6. The quantitative estimate of drug-likeness (QED) is 0.902. The number of ether oxygens (including phenoxy) is 1. The second-order valence-electron chi connectivity index (χ2n) is 5.94. The van der Waals surface area contributed by atoms with Crippen molar-refractivity contribution in [1.29, 1.82) is 0 Å². The molecule has 0 saturated carbocycles. The first kappa shape index (κ1) is 16.3. The third-order valence-electron chi connectivity index (χ3n) is 4.20. The molecule has 2 aromatic carbocycles. The molecule has 1 unspecified atom stereocenters. The Morgan fingerprint density at radius 2 is 2.04 bits per heavy atom. The average Bonchev–Trinajstić information content (AvgIpc) is 2.67. The van der Waals surface area contributed by atoms with Crippen LogP contribution in [0.1, 0.15) is 41.7 Å². The molecule has 0 amide bonds. The summed E-state index contributed by atoms with van der Waals surface area (Å²) in [7, 11) is 0. The van der Waals surface area contributed by atoms with Crippen molar-refractivity contribution < 1.29 is 14.6 Å². The number of hydrogen-bond acceptors (Lipinski definition) is 3. The predicted molar refractivity (Wildman–Crippen MR) is 94.0 cm³/mol. The molecule has 1 heterocycles. The second-order valence-corrected chi connectivity index (χ2v) is 5.94. The van der Waals surface area contributed by atoms with Crippen molar-refractivity contribution in [3.05, 3.63) is 70.8 Å². The van der Waals surface area contributed by atoms with Gasteiger partial charge in [-0.15, -0.1) is 0 Å². The highest BCUT2D eigenvalue weighted by atomic mass is 16.5. The molecule has 3 rings (SSSR count). The Labute approximate surface area is 141 Å². The number of aliphatic carboxylic acids is 1. The van der Waals surface area contributed by atoms with Crippen molar-refractivity contribution in [2.24, 2.45) is 5.73 Å². The summed E-state index contributed by atoms with van der Waals surface area (Å²) in [6, 6.07) is 13.8. The molecular formula is C20H21NO3. The lowest BCUT2D eigenvalue weighted by Gasteiger charge is -2.14. The highest BCUT2D eigenvalue weighted by Gasteiger charge is 2.23. The third kappa shape index (κ3) is 3.19. The number of rotatable bonds is 4. The van der Waals surface area contributed by atoms with Crippen molar-refractivity contribution in [2.75, 3.05) is 6.54 Å². The van der Waals surface area contributed by atoms with Crippen LogP contribution in [0.3, 0.4) is 0 Å². The molecule has 0 spiro atoms. The summed E-state index contributed by atoms with van der Waals surface area (Å²) in [6.45, 7) is 2.59. The van der Waals surface area contributed by atoms with Crippen LogP contribution in [0.5, 0.6) is 5.75 Å². The number of nitrogens with two attached hydrogens (primary N) is 1. The van der Waals surface area contributed by atoms with E-state index in [9.17, 15) is 4.79 Å². The molecule has 2 aromatic rings. The Kier molecular flexibility index (Phi) is 4.67. The molecule has 4 nitrogen and oxygen atoms in total. The van der Waals surface area contributed by atoms with Gasteiger partial charge in [-0.3, -0.25) is 4.79 Å². The molecule has 1 aliphatic heterocycles. The van der Waals surface area contributed by atoms with E-state index in [1.165, 1.54) is 0 Å². The number of benzene rings is 2. The van der Waals surface area contributed by atoms with Crippen LogP contribution in [0.15, 0.2) is 48.5 Å². The van der Waals surface area contributed by atoms with Gasteiger partial charge in [0, 0.05) is 5.56 Å². The van der Waals surface area contributed by atoms with Gasteiger partial charge in [-0.25, -0.2) is 0 Å². The number of carboxylic acid groups (broad SMARTS) is 1. The van der Waals surface area contributed by atoms with E-state index in [2.05, 4.69) is 18.2 Å². The molecule has 1 aliphatic rings. The van der Waals surface area contributed by atoms with Crippen molar-refractivity contribution in [2.45, 2.75) is 25.9 Å². The van der Waals surface area contributed by atoms with Crippen LogP contribution in [0.2, 0.25) is 0 Å². The van der Waals surface area contributed by atoms with Crippen LogP contribution < -0.4 is 10.5 Å². The maximum absolute atomic E-state index is 11.0. The number of carboxylic acids is 1. The number of carbonyl (C=O) groups is 1. The fraction of sp³-hybridized carbons (Fsp3) is 0.250. The summed E-state index contributed by atoms with van der Waals surface area (Å²) in [5, 5.41) is 9.07. The van der Waals surface area contributed by atoms with Crippen LogP contribution in [0.25, 0.3) is 5.57 Å². The van der Waals surface area contributed by atoms with E-state index in [1.54, 1.807) is 0 Å². The first-order valence-corrected chi connectivity index (χ1v) is 8.11. The van der Waals surface area contributed by atoms with Crippen LogP contribution in [0, 0.1) is 0 Å². The van der Waals surface area contributed by atoms with E-state index < -0.39 is 5.97 Å². The molecule has 1 atom stereocenters. The molecule has 24 heavy (non-hydrogen) atoms. The van der Waals surface area contributed by atoms with Gasteiger partial charge in [0.2, 0.25) is 0 Å². The minimum Gasteiger partial charge on any atom is -0.485 e. The fourth-order valence-electron chi connectivity index (χ4n) is 3.12. The summed E-state index contributed by atoms with van der Waals surface area (Å²) in [6.07, 6.45) is 2.79. The zero-order valence-corrected chi connectivity index (χ0v) is 13.7. The van der Waals surface area contributed by atoms with E-state index in [0.29, 0.717) is 6.54 Å². The maximum Gasteiger partial charge on any atom is 0.307 e. The topological polar surface area (TPSA) is 72.5 Å². The van der Waals surface area contributed by atoms with Gasteiger partial charge >= 0.3 is 5.97 Å². The number of hydrogen-bond donors (Lipinski definition) is 2. The van der Waals surface area contributed by atoms with Gasteiger partial charge < -0.3 is 15.6 Å². The Morgan fingerprint density at radius 1 is 1.25 bits per heavy atom. The molecule has 0 aliphatic carbocycles. The van der Waals surface area contributed by atoms with Gasteiger partial charge in [-0.1, -0.05) is 36.4 Å². The minimum atomic E-state index is -0.842. The summed E-state index contributed by atoms with van der Waals surface area (Å²) in [5.41, 5.74) is 10.7. The van der Waals surface area contributed by atoms with Gasteiger partial charge in [0.05, 0.1) is 6.42 Å². The fourth-order valence-corrected chi connectivity index (χ4v) is 3.12. The van der Waals surface area contributed by atoms with Crippen LogP contribution in [-0.2, 0) is 11.2 Å². The monoisotopic (exact) mass is 323 g/mol. The van der Waals surface area contributed by atoms with E-state index in [-0.39, 0.29) is 12.5 Å². The minimum absolute atomic E-state index is 0.00531. The standard InChI is InChI=1S/C20H21NO3/c1-13-15-5-2-3-6-16(15)17(7-4-10-21)18-11-14(12-20(22)23)8-9-19(18)24-13/h2-3,5-9,11,13H,4,10,12,21H2,1H3,(H,22,23). The smallest absolute Gasteiger partial charge is 0.307 e. The third-order valence-corrected chi connectivity index (χ3v) is 4.20. The SMILES string of the molecule is CC1Oc2ccc(CC(=O)O)cc2C(=CCCN)c2ccccc21. The molecular weight excluding hydrogens is 302 g/mol. The van der Waals surface area contributed by atoms with E-state index in [4.69, 9.17) is 15.6 Å². The van der Waals surface area contributed by atoms with Crippen LogP contribution in [-0.4, -0.2) is 17.6 Å². The summed E-state index contributed by atoms with van der Waals surface area (Å²) in [4.78, 5) is 11.0. The lowest BCUT2D eigenvalue weighted by molar-refractivity contribution is -0.136. The van der Waals surface area contributed by atoms with Gasteiger partial charge in [0.15, 0.2) is 0 Å². The molecule has 0 fully saturated rings. The zero-order chi connectivity index (χ0) is 17.1. The van der Waals surface area contributed by atoms with Crippen LogP contribution in [0.4, 0.5) is 0 Å². The van der Waals surface area contributed by atoms with Gasteiger partial charge in [-0.2, -0.15) is 0 Å². The van der Waals surface area contributed by atoms with Crippen molar-refractivity contribution >= 4 is 11.5 Å². The predicted octanol–water partition coefficient (Wildman–Crippen LogP) is 3.55. The van der Waals surface area contributed by atoms with Gasteiger partial charge in [0.1, 0.15) is 11.9 Å². The highest BCUT2D eigenvalue weighted by Crippen LogP contribution is 2.41. The summed E-state index contributed by atoms with van der Waals surface area (Å²) in [5.74, 6) is -0.0677. The summed E-state index contributed by atoms with van der Waals surface area (Å²) >= 11 is 0. The Hall–Kier alpha value is -2.59. The van der Waals surface area contributed by atoms with E-state index >= 15 is 0 Å². The largest absolute Gasteiger partial charge is 0.485 e. The zero-order valence-electron chi connectivity index (χ0n) is 13.7. The van der Waals surface area contributed by atoms with Gasteiger partial charge in [-0.05, 0) is 54.3 Å². The van der Waals surface area contributed by atoms with Crippen LogP contribution >= 0.6 is 0 Å². The van der Waals surface area contributed by atoms with Crippen molar-refractivity contribution in [3.8, 4) is 5.75 Å². The number of fused-ring (bicyclic) bond motifs is 2. The average molecular weight is 323 g/mol. The molecule has 0 saturated heterocycles. The van der Waals surface area contributed by atoms with E-state index in [1.807, 2.05) is 37.3 Å². The van der Waals surface area contributed by atoms with Crippen molar-refractivity contribution in [1.82, 2.24) is 0 Å². The summed E-state index contributed by atoms with van der Waals surface area (Å²) < 4.78 is 6.13. The first-order valence-electron chi connectivity index (χ1n) is 8.11. The maximum atomic E-state index is 11.0. The molecule has 3 N–H and O–H groups in total. The molecule has 0 radical (unpaired) electrons. The van der Waals surface area contributed by atoms with Crippen molar-refractivity contribution in [3.63, 3.8) is 0 Å². The highest BCUT2D eigenvalue weighted by molar-refractivity contribution is 5.86. The normalized spacial score (nSPS) is 17.6. The van der Waals surface area contributed by atoms with Gasteiger partial charge in [0.25, 0.3) is 0 Å². The Balaban J connectivity index is 2.19. The Morgan fingerprint density at radius 3 is 2.79 bits per heavy atom. The molecule has 4 heteroatoms. The lowest BCUT2D eigenvalue weighted by atomic mass is 9.91. The van der Waals surface area contributed by atoms with E-state index in [0.717, 1.165) is 40.0 Å².